The fraction of sp³-hybridized carbons (Fsp3) is 0.429. The van der Waals surface area contributed by atoms with Crippen LogP contribution in [0.3, 0.4) is 0 Å². The maximum Gasteiger partial charge on any atom is 0.315 e. The Bertz CT molecular complexity index is 765. The van der Waals surface area contributed by atoms with Crippen LogP contribution in [-0.2, 0) is 11.3 Å². The Morgan fingerprint density at radius 3 is 2.57 bits per heavy atom. The first-order valence-corrected chi connectivity index (χ1v) is 9.42. The molecule has 150 valence electrons. The minimum Gasteiger partial charge on any atom is -0.496 e. The molecule has 1 fully saturated rings. The first kappa shape index (κ1) is 20.2. The van der Waals surface area contributed by atoms with E-state index in [0.717, 1.165) is 43.8 Å². The summed E-state index contributed by atoms with van der Waals surface area (Å²) in [6.07, 6.45) is 0.171. The third-order valence-electron chi connectivity index (χ3n) is 5.19. The number of nitrogens with one attached hydrogen (secondary N) is 1. The van der Waals surface area contributed by atoms with Crippen molar-refractivity contribution in [1.29, 1.82) is 0 Å². The maximum atomic E-state index is 12.8. The number of aromatic nitrogens is 1. The van der Waals surface area contributed by atoms with Gasteiger partial charge in [-0.1, -0.05) is 24.3 Å². The topological polar surface area (TPSA) is 54.5 Å². The van der Waals surface area contributed by atoms with Gasteiger partial charge in [0, 0.05) is 18.3 Å². The number of likely N-dealkylation sites (tertiary alicyclic amines) is 1. The van der Waals surface area contributed by atoms with Crippen molar-refractivity contribution in [2.24, 2.45) is 5.92 Å². The Kier molecular flexibility index (Phi) is 6.92. The fourth-order valence-corrected chi connectivity index (χ4v) is 3.73. The van der Waals surface area contributed by atoms with Gasteiger partial charge in [0.2, 0.25) is 0 Å². The number of carbonyl (C=O) groups is 1. The molecule has 0 spiro atoms. The van der Waals surface area contributed by atoms with E-state index in [4.69, 9.17) is 4.74 Å². The van der Waals surface area contributed by atoms with Gasteiger partial charge in [0.05, 0.1) is 18.8 Å². The van der Waals surface area contributed by atoms with Crippen LogP contribution < -0.4 is 10.1 Å². The smallest absolute Gasteiger partial charge is 0.315 e. The van der Waals surface area contributed by atoms with Crippen LogP contribution in [0.1, 0.15) is 30.1 Å². The summed E-state index contributed by atoms with van der Waals surface area (Å²) in [6, 6.07) is 12.8. The number of nitrogens with zero attached hydrogens (tertiary/aromatic N) is 2. The molecule has 1 amide bonds. The average Bonchev–Trinajstić information content (AvgIpc) is 2.73. The highest BCUT2D eigenvalue weighted by Gasteiger charge is 2.31. The molecule has 1 aromatic heterocycles. The molecule has 1 aromatic carbocycles. The number of pyridine rings is 1. The highest BCUT2D eigenvalue weighted by atomic mass is 19.3. The van der Waals surface area contributed by atoms with Crippen LogP contribution in [0, 0.1) is 5.92 Å². The molecule has 0 radical (unpaired) electrons. The quantitative estimate of drug-likeness (QED) is 0.788. The second-order valence-corrected chi connectivity index (χ2v) is 6.97. The molecule has 5 nitrogen and oxygen atoms in total. The Morgan fingerprint density at radius 1 is 1.21 bits per heavy atom. The number of amides is 1. The van der Waals surface area contributed by atoms with E-state index in [9.17, 15) is 13.6 Å². The Labute approximate surface area is 163 Å². The van der Waals surface area contributed by atoms with Gasteiger partial charge in [0.1, 0.15) is 5.75 Å². The normalized spacial score (nSPS) is 16.7. The van der Waals surface area contributed by atoms with Gasteiger partial charge in [-0.2, -0.15) is 8.78 Å². The second kappa shape index (κ2) is 9.59. The summed E-state index contributed by atoms with van der Waals surface area (Å²) in [5.74, 6) is -0.321. The Balaban J connectivity index is 1.65. The lowest BCUT2D eigenvalue weighted by molar-refractivity contribution is -0.133. The number of methoxy groups -OCH3 is 1. The Hall–Kier alpha value is -2.54. The Morgan fingerprint density at radius 2 is 1.93 bits per heavy atom. The summed E-state index contributed by atoms with van der Waals surface area (Å²) in [5.41, 5.74) is 1.75. The summed E-state index contributed by atoms with van der Waals surface area (Å²) in [7, 11) is 1.66. The molecule has 1 atom stereocenters. The molecule has 2 heterocycles. The zero-order valence-corrected chi connectivity index (χ0v) is 15.9. The lowest BCUT2D eigenvalue weighted by atomic mass is 9.87. The van der Waals surface area contributed by atoms with E-state index in [1.165, 1.54) is 0 Å². The van der Waals surface area contributed by atoms with E-state index < -0.39 is 18.4 Å². The van der Waals surface area contributed by atoms with Crippen LogP contribution in [0.15, 0.2) is 48.7 Å². The summed E-state index contributed by atoms with van der Waals surface area (Å²) >= 11 is 0. The van der Waals surface area contributed by atoms with Crippen molar-refractivity contribution >= 4 is 5.91 Å². The molecular weight excluding hydrogens is 364 g/mol. The maximum absolute atomic E-state index is 12.8. The first-order valence-electron chi connectivity index (χ1n) is 9.42. The molecule has 0 bridgehead atoms. The molecule has 28 heavy (non-hydrogen) atoms. The van der Waals surface area contributed by atoms with Crippen molar-refractivity contribution in [1.82, 2.24) is 15.2 Å². The summed E-state index contributed by atoms with van der Waals surface area (Å²) < 4.78 is 31.0. The number of piperidine rings is 1. The number of benzene rings is 1. The number of hydrogen-bond acceptors (Lipinski definition) is 4. The fourth-order valence-electron chi connectivity index (χ4n) is 3.73. The predicted molar refractivity (Wildman–Crippen MR) is 102 cm³/mol. The van der Waals surface area contributed by atoms with Gasteiger partial charge < -0.3 is 10.1 Å². The van der Waals surface area contributed by atoms with Gasteiger partial charge in [-0.25, -0.2) is 0 Å². The van der Waals surface area contributed by atoms with Gasteiger partial charge in [0.15, 0.2) is 0 Å². The molecule has 1 aliphatic rings. The van der Waals surface area contributed by atoms with Crippen LogP contribution in [0.4, 0.5) is 8.78 Å². The molecular formula is C21H25F2N3O2. The first-order chi connectivity index (χ1) is 13.6. The minimum absolute atomic E-state index is 0.0616. The summed E-state index contributed by atoms with van der Waals surface area (Å²) in [5, 5.41) is 2.50. The summed E-state index contributed by atoms with van der Waals surface area (Å²) in [4.78, 5) is 18.2. The van der Waals surface area contributed by atoms with E-state index >= 15 is 0 Å². The standard InChI is InChI=1S/C21H25F2N3O2/c1-28-18-8-3-2-6-16(18)14-26-12-9-15(10-13-26)19(25-21(27)20(22)23)17-7-4-5-11-24-17/h2-8,11,15,19-20H,9-10,12-14H2,1H3,(H,25,27)/t19-/m1/s1. The van der Waals surface area contributed by atoms with Crippen molar-refractivity contribution in [3.05, 3.63) is 59.9 Å². The van der Waals surface area contributed by atoms with Crippen LogP contribution in [0.25, 0.3) is 0 Å². The SMILES string of the molecule is COc1ccccc1CN1CCC([C@@H](NC(=O)C(F)F)c2ccccn2)CC1. The van der Waals surface area contributed by atoms with Crippen LogP contribution in [0.5, 0.6) is 5.75 Å². The molecule has 1 aliphatic heterocycles. The van der Waals surface area contributed by atoms with Crippen molar-refractivity contribution < 1.29 is 18.3 Å². The second-order valence-electron chi connectivity index (χ2n) is 6.97. The largest absolute Gasteiger partial charge is 0.496 e. The molecule has 0 saturated carbocycles. The average molecular weight is 389 g/mol. The predicted octanol–water partition coefficient (Wildman–Crippen LogP) is 3.42. The molecule has 1 saturated heterocycles. The van der Waals surface area contributed by atoms with Gasteiger partial charge in [-0.05, 0) is 50.0 Å². The van der Waals surface area contributed by atoms with E-state index in [2.05, 4.69) is 15.2 Å². The number of rotatable bonds is 7. The summed E-state index contributed by atoms with van der Waals surface area (Å²) in [6.45, 7) is 2.40. The highest BCUT2D eigenvalue weighted by molar-refractivity contribution is 5.79. The lowest BCUT2D eigenvalue weighted by Crippen LogP contribution is -2.42. The van der Waals surface area contributed by atoms with Crippen molar-refractivity contribution in [2.45, 2.75) is 31.9 Å². The number of carbonyl (C=O) groups excluding carboxylic acids is 1. The number of ether oxygens (including phenoxy) is 1. The number of para-hydroxylation sites is 1. The zero-order valence-electron chi connectivity index (χ0n) is 15.9. The van der Waals surface area contributed by atoms with Gasteiger partial charge in [0.25, 0.3) is 5.91 Å². The number of halogens is 2. The van der Waals surface area contributed by atoms with Gasteiger partial charge in [-0.15, -0.1) is 0 Å². The highest BCUT2D eigenvalue weighted by Crippen LogP contribution is 2.31. The molecule has 7 heteroatoms. The van der Waals surface area contributed by atoms with E-state index in [-0.39, 0.29) is 5.92 Å². The van der Waals surface area contributed by atoms with Crippen molar-refractivity contribution in [3.8, 4) is 5.75 Å². The van der Waals surface area contributed by atoms with Crippen molar-refractivity contribution in [3.63, 3.8) is 0 Å². The molecule has 0 aliphatic carbocycles. The number of alkyl halides is 2. The van der Waals surface area contributed by atoms with Crippen LogP contribution >= 0.6 is 0 Å². The molecule has 3 rings (SSSR count). The van der Waals surface area contributed by atoms with Gasteiger partial charge in [-0.3, -0.25) is 14.7 Å². The van der Waals surface area contributed by atoms with Crippen molar-refractivity contribution in [2.75, 3.05) is 20.2 Å². The zero-order chi connectivity index (χ0) is 19.9. The third-order valence-corrected chi connectivity index (χ3v) is 5.19. The molecule has 1 N–H and O–H groups in total. The molecule has 0 unspecified atom stereocenters. The van der Waals surface area contributed by atoms with Crippen LogP contribution in [-0.4, -0.2) is 42.4 Å². The molecule has 2 aromatic rings. The van der Waals surface area contributed by atoms with E-state index in [1.807, 2.05) is 24.3 Å². The van der Waals surface area contributed by atoms with E-state index in [0.29, 0.717) is 5.69 Å². The third kappa shape index (κ3) is 5.04. The lowest BCUT2D eigenvalue weighted by Gasteiger charge is -2.36. The van der Waals surface area contributed by atoms with Crippen LogP contribution in [0.2, 0.25) is 0 Å². The number of hydrogen-bond donors (Lipinski definition) is 1. The van der Waals surface area contributed by atoms with Gasteiger partial charge >= 0.3 is 6.43 Å². The minimum atomic E-state index is -3.03. The monoisotopic (exact) mass is 389 g/mol. The van der Waals surface area contributed by atoms with E-state index in [1.54, 1.807) is 31.5 Å².